The van der Waals surface area contributed by atoms with Gasteiger partial charge in [-0.25, -0.2) is 0 Å². The van der Waals surface area contributed by atoms with Crippen molar-refractivity contribution >= 4 is 0 Å². The van der Waals surface area contributed by atoms with E-state index in [1.165, 1.54) is 12.1 Å². The molecule has 0 amide bonds. The SMILES string of the molecule is NC(CO)(CO)CCc1ccc(OCCCCCCCF)c(C(F)(F)F)c1. The number of alkyl halides is 4. The lowest BCUT2D eigenvalue weighted by atomic mass is 9.93. The average Bonchev–Trinajstić information content (AvgIpc) is 2.65. The second kappa shape index (κ2) is 11.5. The van der Waals surface area contributed by atoms with Crippen LogP contribution in [0.4, 0.5) is 17.6 Å². The summed E-state index contributed by atoms with van der Waals surface area (Å²) in [5.41, 5.74) is 4.08. The minimum Gasteiger partial charge on any atom is -0.493 e. The van der Waals surface area contributed by atoms with Gasteiger partial charge in [0.1, 0.15) is 5.75 Å². The van der Waals surface area contributed by atoms with Crippen LogP contribution in [-0.4, -0.2) is 42.2 Å². The molecule has 0 atom stereocenters. The van der Waals surface area contributed by atoms with Gasteiger partial charge < -0.3 is 20.7 Å². The van der Waals surface area contributed by atoms with Gasteiger partial charge >= 0.3 is 6.18 Å². The first-order valence-electron chi connectivity index (χ1n) is 9.15. The van der Waals surface area contributed by atoms with Gasteiger partial charge in [-0.1, -0.05) is 25.3 Å². The highest BCUT2D eigenvalue weighted by atomic mass is 19.4. The molecule has 0 heterocycles. The number of ether oxygens (including phenoxy) is 1. The minimum atomic E-state index is -4.56. The van der Waals surface area contributed by atoms with Gasteiger partial charge in [-0.2, -0.15) is 13.2 Å². The van der Waals surface area contributed by atoms with Gasteiger partial charge in [-0.05, 0) is 43.4 Å². The molecule has 4 nitrogen and oxygen atoms in total. The monoisotopic (exact) mass is 395 g/mol. The fourth-order valence-corrected chi connectivity index (χ4v) is 2.59. The normalized spacial score (nSPS) is 12.4. The number of unbranched alkanes of at least 4 members (excludes halogenated alkanes) is 4. The first-order chi connectivity index (χ1) is 12.8. The molecule has 0 aliphatic carbocycles. The Morgan fingerprint density at radius 1 is 0.963 bits per heavy atom. The zero-order chi connectivity index (χ0) is 20.3. The summed E-state index contributed by atoms with van der Waals surface area (Å²) in [4.78, 5) is 0. The van der Waals surface area contributed by atoms with Gasteiger partial charge in [0.25, 0.3) is 0 Å². The van der Waals surface area contributed by atoms with E-state index in [0.29, 0.717) is 18.4 Å². The Labute approximate surface area is 157 Å². The van der Waals surface area contributed by atoms with Crippen LogP contribution in [0, 0.1) is 0 Å². The predicted octanol–water partition coefficient (Wildman–Crippen LogP) is 3.62. The number of hydrogen-bond donors (Lipinski definition) is 3. The van der Waals surface area contributed by atoms with E-state index in [-0.39, 0.29) is 31.9 Å². The molecule has 156 valence electrons. The molecule has 0 bridgehead atoms. The Kier molecular flexibility index (Phi) is 10.0. The van der Waals surface area contributed by atoms with Crippen molar-refractivity contribution in [2.75, 3.05) is 26.5 Å². The van der Waals surface area contributed by atoms with Crippen LogP contribution in [-0.2, 0) is 12.6 Å². The molecule has 1 aromatic carbocycles. The lowest BCUT2D eigenvalue weighted by molar-refractivity contribution is -0.139. The van der Waals surface area contributed by atoms with E-state index in [9.17, 15) is 27.8 Å². The van der Waals surface area contributed by atoms with E-state index in [2.05, 4.69) is 0 Å². The smallest absolute Gasteiger partial charge is 0.419 e. The van der Waals surface area contributed by atoms with Gasteiger partial charge in [0.05, 0.1) is 37.6 Å². The highest BCUT2D eigenvalue weighted by Gasteiger charge is 2.35. The van der Waals surface area contributed by atoms with Crippen LogP contribution in [0.1, 0.15) is 49.7 Å². The molecule has 0 aromatic heterocycles. The number of aryl methyl sites for hydroxylation is 1. The maximum absolute atomic E-state index is 13.3. The van der Waals surface area contributed by atoms with Gasteiger partial charge in [-0.3, -0.25) is 4.39 Å². The lowest BCUT2D eigenvalue weighted by Gasteiger charge is -2.24. The van der Waals surface area contributed by atoms with Crippen LogP contribution in [0.15, 0.2) is 18.2 Å². The van der Waals surface area contributed by atoms with Crippen molar-refractivity contribution in [2.24, 2.45) is 5.73 Å². The van der Waals surface area contributed by atoms with E-state index < -0.39 is 30.5 Å². The summed E-state index contributed by atoms with van der Waals surface area (Å²) >= 11 is 0. The zero-order valence-corrected chi connectivity index (χ0v) is 15.4. The van der Waals surface area contributed by atoms with E-state index in [1.54, 1.807) is 0 Å². The van der Waals surface area contributed by atoms with Crippen molar-refractivity contribution in [2.45, 2.75) is 56.7 Å². The topological polar surface area (TPSA) is 75.7 Å². The number of aliphatic hydroxyl groups excluding tert-OH is 2. The Bertz CT molecular complexity index is 548. The molecule has 0 saturated carbocycles. The molecule has 0 radical (unpaired) electrons. The Hall–Kier alpha value is -1.38. The molecule has 27 heavy (non-hydrogen) atoms. The van der Waals surface area contributed by atoms with E-state index in [1.807, 2.05) is 0 Å². The van der Waals surface area contributed by atoms with Crippen LogP contribution in [0.25, 0.3) is 0 Å². The summed E-state index contributed by atoms with van der Waals surface area (Å²) in [7, 11) is 0. The molecule has 0 aliphatic heterocycles. The quantitative estimate of drug-likeness (QED) is 0.352. The fourth-order valence-electron chi connectivity index (χ4n) is 2.59. The Morgan fingerprint density at radius 3 is 2.19 bits per heavy atom. The number of hydrogen-bond acceptors (Lipinski definition) is 4. The van der Waals surface area contributed by atoms with Crippen LogP contribution in [0.5, 0.6) is 5.75 Å². The molecule has 1 aromatic rings. The molecule has 8 heteroatoms. The standard InChI is InChI=1S/C19H29F4NO3/c20-10-4-2-1-3-5-11-27-17-7-6-15(12-16(17)19(21,22)23)8-9-18(24,13-25)14-26/h6-7,12,25-26H,1-5,8-11,13-14,24H2. The van der Waals surface area contributed by atoms with Crippen molar-refractivity contribution < 1.29 is 32.5 Å². The van der Waals surface area contributed by atoms with E-state index in [0.717, 1.165) is 25.3 Å². The van der Waals surface area contributed by atoms with Crippen molar-refractivity contribution in [3.8, 4) is 5.75 Å². The van der Waals surface area contributed by atoms with E-state index in [4.69, 9.17) is 10.5 Å². The maximum Gasteiger partial charge on any atom is 0.419 e. The highest BCUT2D eigenvalue weighted by molar-refractivity contribution is 5.39. The van der Waals surface area contributed by atoms with Gasteiger partial charge in [-0.15, -0.1) is 0 Å². The summed E-state index contributed by atoms with van der Waals surface area (Å²) in [5, 5.41) is 18.4. The van der Waals surface area contributed by atoms with Crippen LogP contribution < -0.4 is 10.5 Å². The largest absolute Gasteiger partial charge is 0.493 e. The predicted molar refractivity (Wildman–Crippen MR) is 95.4 cm³/mol. The summed E-state index contributed by atoms with van der Waals surface area (Å²) in [6.07, 6.45) is -0.726. The van der Waals surface area contributed by atoms with Crippen molar-refractivity contribution in [3.05, 3.63) is 29.3 Å². The molecule has 0 aliphatic rings. The van der Waals surface area contributed by atoms with Crippen LogP contribution >= 0.6 is 0 Å². The second-order valence-corrected chi connectivity index (χ2v) is 6.81. The molecule has 1 rings (SSSR count). The van der Waals surface area contributed by atoms with Crippen molar-refractivity contribution in [1.29, 1.82) is 0 Å². The third-order valence-electron chi connectivity index (χ3n) is 4.43. The number of aliphatic hydroxyl groups is 2. The highest BCUT2D eigenvalue weighted by Crippen LogP contribution is 2.37. The lowest BCUT2D eigenvalue weighted by Crippen LogP contribution is -2.47. The number of benzene rings is 1. The number of nitrogens with two attached hydrogens (primary N) is 1. The third-order valence-corrected chi connectivity index (χ3v) is 4.43. The van der Waals surface area contributed by atoms with Crippen LogP contribution in [0.2, 0.25) is 0 Å². The Morgan fingerprint density at radius 2 is 1.59 bits per heavy atom. The molecule has 0 saturated heterocycles. The van der Waals surface area contributed by atoms with Crippen LogP contribution in [0.3, 0.4) is 0 Å². The number of halogens is 4. The van der Waals surface area contributed by atoms with Gasteiger partial charge in [0.2, 0.25) is 0 Å². The molecule has 0 spiro atoms. The molecular weight excluding hydrogens is 366 g/mol. The van der Waals surface area contributed by atoms with Crippen molar-refractivity contribution in [1.82, 2.24) is 0 Å². The van der Waals surface area contributed by atoms with E-state index >= 15 is 0 Å². The fraction of sp³-hybridized carbons (Fsp3) is 0.684. The molecule has 0 fully saturated rings. The maximum atomic E-state index is 13.3. The zero-order valence-electron chi connectivity index (χ0n) is 15.4. The van der Waals surface area contributed by atoms with Gasteiger partial charge in [0.15, 0.2) is 0 Å². The summed E-state index contributed by atoms with van der Waals surface area (Å²) in [5.74, 6) is -0.224. The first-order valence-corrected chi connectivity index (χ1v) is 9.15. The number of rotatable bonds is 13. The average molecular weight is 395 g/mol. The summed E-state index contributed by atoms with van der Waals surface area (Å²) in [6, 6.07) is 3.84. The summed E-state index contributed by atoms with van der Waals surface area (Å²) < 4.78 is 57.3. The molecular formula is C19H29F4NO3. The minimum absolute atomic E-state index is 0.149. The van der Waals surface area contributed by atoms with Gasteiger partial charge in [0, 0.05) is 0 Å². The van der Waals surface area contributed by atoms with Crippen molar-refractivity contribution in [3.63, 3.8) is 0 Å². The summed E-state index contributed by atoms with van der Waals surface area (Å²) in [6.45, 7) is -1.09. The third kappa shape index (κ3) is 8.45. The second-order valence-electron chi connectivity index (χ2n) is 6.81. The molecule has 4 N–H and O–H groups in total. The Balaban J connectivity index is 2.68. The first kappa shape index (κ1) is 23.7. The molecule has 0 unspecified atom stereocenters.